The van der Waals surface area contributed by atoms with Gasteiger partial charge in [0.2, 0.25) is 16.8 Å². The van der Waals surface area contributed by atoms with Crippen molar-refractivity contribution in [1.82, 2.24) is 9.29 Å². The summed E-state index contributed by atoms with van der Waals surface area (Å²) in [5.41, 5.74) is 1.08. The first-order valence-electron chi connectivity index (χ1n) is 11.5. The van der Waals surface area contributed by atoms with E-state index in [1.165, 1.54) is 16.4 Å². The van der Waals surface area contributed by atoms with Crippen LogP contribution in [0.3, 0.4) is 0 Å². The van der Waals surface area contributed by atoms with Crippen LogP contribution in [0, 0.1) is 0 Å². The van der Waals surface area contributed by atoms with Gasteiger partial charge in [0, 0.05) is 30.1 Å². The fraction of sp³-hybridized carbons (Fsp3) is 0.192. The van der Waals surface area contributed by atoms with Crippen LogP contribution < -0.4 is 24.5 Å². The van der Waals surface area contributed by atoms with Gasteiger partial charge in [-0.05, 0) is 42.0 Å². The van der Waals surface area contributed by atoms with E-state index in [9.17, 15) is 13.2 Å². The second kappa shape index (κ2) is 9.29. The summed E-state index contributed by atoms with van der Waals surface area (Å²) >= 11 is 6.28. The van der Waals surface area contributed by atoms with Crippen LogP contribution in [0.4, 0.5) is 0 Å². The van der Waals surface area contributed by atoms with Gasteiger partial charge in [-0.2, -0.15) is 4.31 Å². The van der Waals surface area contributed by atoms with Gasteiger partial charge in [-0.1, -0.05) is 29.8 Å². The molecule has 4 aromatic rings. The molecule has 9 nitrogen and oxygen atoms in total. The van der Waals surface area contributed by atoms with Gasteiger partial charge in [-0.15, -0.1) is 0 Å². The van der Waals surface area contributed by atoms with Gasteiger partial charge in [0.15, 0.2) is 23.0 Å². The van der Waals surface area contributed by atoms with Crippen LogP contribution >= 0.6 is 11.6 Å². The van der Waals surface area contributed by atoms with Crippen molar-refractivity contribution < 1.29 is 27.4 Å². The highest BCUT2D eigenvalue weighted by molar-refractivity contribution is 7.89. The average molecular weight is 541 g/mol. The lowest BCUT2D eigenvalue weighted by atomic mass is 10.1. The van der Waals surface area contributed by atoms with Crippen LogP contribution in [-0.2, 0) is 23.1 Å². The lowest BCUT2D eigenvalue weighted by molar-refractivity contribution is 0.172. The van der Waals surface area contributed by atoms with Gasteiger partial charge >= 0.3 is 0 Å². The van der Waals surface area contributed by atoms with Crippen LogP contribution in [0.1, 0.15) is 11.1 Å². The molecule has 0 amide bonds. The zero-order valence-corrected chi connectivity index (χ0v) is 21.0. The molecule has 2 aliphatic heterocycles. The van der Waals surface area contributed by atoms with Crippen LogP contribution in [0.15, 0.2) is 70.4 Å². The maximum Gasteiger partial charge on any atom is 0.252 e. The zero-order valence-electron chi connectivity index (χ0n) is 19.4. The number of ether oxygens (including phenoxy) is 4. The molecule has 190 valence electrons. The number of H-pyrrole nitrogens is 1. The van der Waals surface area contributed by atoms with E-state index in [1.807, 2.05) is 0 Å². The van der Waals surface area contributed by atoms with Crippen molar-refractivity contribution in [2.45, 2.75) is 18.0 Å². The highest BCUT2D eigenvalue weighted by atomic mass is 35.5. The van der Waals surface area contributed by atoms with Crippen LogP contribution in [0.5, 0.6) is 23.0 Å². The second-order valence-electron chi connectivity index (χ2n) is 8.60. The third-order valence-corrected chi connectivity index (χ3v) is 8.47. The zero-order chi connectivity index (χ0) is 25.6. The molecule has 0 radical (unpaired) electrons. The Morgan fingerprint density at radius 3 is 2.38 bits per heavy atom. The predicted octanol–water partition coefficient (Wildman–Crippen LogP) is 4.07. The molecule has 3 aromatic carbocycles. The summed E-state index contributed by atoms with van der Waals surface area (Å²) in [5.74, 6) is 2.23. The Bertz CT molecular complexity index is 1690. The molecule has 11 heteroatoms. The number of rotatable bonds is 6. The summed E-state index contributed by atoms with van der Waals surface area (Å²) in [4.78, 5) is 15.9. The van der Waals surface area contributed by atoms with Crippen molar-refractivity contribution in [2.24, 2.45) is 0 Å². The topological polar surface area (TPSA) is 107 Å². The number of halogens is 1. The molecular weight excluding hydrogens is 520 g/mol. The molecule has 0 unspecified atom stereocenters. The number of fused-ring (bicyclic) bond motifs is 3. The van der Waals surface area contributed by atoms with Crippen molar-refractivity contribution in [3.05, 3.63) is 87.2 Å². The molecule has 3 heterocycles. The number of hydrogen-bond donors (Lipinski definition) is 1. The molecular formula is C26H21ClN2O7S. The van der Waals surface area contributed by atoms with E-state index in [2.05, 4.69) is 4.98 Å². The molecule has 0 spiro atoms. The van der Waals surface area contributed by atoms with E-state index in [0.29, 0.717) is 52.7 Å². The van der Waals surface area contributed by atoms with Crippen molar-refractivity contribution in [1.29, 1.82) is 0 Å². The molecule has 1 N–H and O–H groups in total. The van der Waals surface area contributed by atoms with E-state index in [0.717, 1.165) is 0 Å². The lowest BCUT2D eigenvalue weighted by Gasteiger charge is -2.23. The Hall–Kier alpha value is -3.73. The molecule has 37 heavy (non-hydrogen) atoms. The summed E-state index contributed by atoms with van der Waals surface area (Å²) in [6.45, 7) is 0.736. The standard InChI is InChI=1S/C26H21ClN2O7S/c27-19-3-1-2-4-25(19)37(31,32)29(13-16-5-6-21-22(9-16)36-15-35-21)14-18-10-17-11-23-24(34-8-7-33-23)12-20(17)28-26(18)30/h1-6,9-12H,7-8,13-15H2,(H,28,30). The van der Waals surface area contributed by atoms with Crippen molar-refractivity contribution >= 4 is 32.5 Å². The fourth-order valence-electron chi connectivity index (χ4n) is 4.36. The molecule has 0 bridgehead atoms. The number of hydrogen-bond acceptors (Lipinski definition) is 7. The van der Waals surface area contributed by atoms with Crippen molar-refractivity contribution in [3.63, 3.8) is 0 Å². The maximum absolute atomic E-state index is 13.8. The largest absolute Gasteiger partial charge is 0.486 e. The number of nitrogens with one attached hydrogen (secondary N) is 1. The van der Waals surface area contributed by atoms with Crippen molar-refractivity contribution in [3.8, 4) is 23.0 Å². The van der Waals surface area contributed by atoms with E-state index in [1.54, 1.807) is 48.5 Å². The number of aromatic amines is 1. The van der Waals surface area contributed by atoms with Crippen molar-refractivity contribution in [2.75, 3.05) is 20.0 Å². The van der Waals surface area contributed by atoms with Crippen LogP contribution in [0.25, 0.3) is 10.9 Å². The SMILES string of the molecule is O=c1[nH]c2cc3c(cc2cc1CN(Cc1ccc2c(c1)OCO2)S(=O)(=O)c1ccccc1Cl)OCCO3. The number of nitrogens with zero attached hydrogens (tertiary/aromatic N) is 1. The summed E-state index contributed by atoms with van der Waals surface area (Å²) in [7, 11) is -4.09. The molecule has 6 rings (SSSR count). The molecule has 2 aliphatic rings. The monoisotopic (exact) mass is 540 g/mol. The van der Waals surface area contributed by atoms with E-state index < -0.39 is 15.6 Å². The van der Waals surface area contributed by atoms with Crippen LogP contribution in [-0.4, -0.2) is 37.7 Å². The molecule has 0 saturated heterocycles. The third kappa shape index (κ3) is 4.48. The number of sulfonamides is 1. The first kappa shape index (κ1) is 23.7. The Morgan fingerprint density at radius 1 is 0.838 bits per heavy atom. The van der Waals surface area contributed by atoms with Gasteiger partial charge in [0.1, 0.15) is 18.1 Å². The minimum Gasteiger partial charge on any atom is -0.486 e. The quantitative estimate of drug-likeness (QED) is 0.393. The normalized spacial score (nSPS) is 14.3. The highest BCUT2D eigenvalue weighted by Gasteiger charge is 2.29. The summed E-state index contributed by atoms with van der Waals surface area (Å²) < 4.78 is 50.9. The second-order valence-corrected chi connectivity index (χ2v) is 10.9. The first-order chi connectivity index (χ1) is 17.9. The number of benzene rings is 3. The molecule has 0 fully saturated rings. The van der Waals surface area contributed by atoms with Gasteiger partial charge in [0.25, 0.3) is 5.56 Å². The summed E-state index contributed by atoms with van der Waals surface area (Å²) in [6, 6.07) is 16.6. The Balaban J connectivity index is 1.41. The smallest absolute Gasteiger partial charge is 0.252 e. The average Bonchev–Trinajstić information content (AvgIpc) is 3.36. The van der Waals surface area contributed by atoms with Gasteiger partial charge in [-0.3, -0.25) is 4.79 Å². The summed E-state index contributed by atoms with van der Waals surface area (Å²) in [6.07, 6.45) is 0. The Morgan fingerprint density at radius 2 is 1.57 bits per heavy atom. The van der Waals surface area contributed by atoms with Crippen LogP contribution in [0.2, 0.25) is 5.02 Å². The van der Waals surface area contributed by atoms with Gasteiger partial charge in [-0.25, -0.2) is 8.42 Å². The Kier molecular flexibility index (Phi) is 5.94. The minimum absolute atomic E-state index is 0.0250. The molecule has 1 aromatic heterocycles. The Labute approximate surface area is 217 Å². The lowest BCUT2D eigenvalue weighted by Crippen LogP contribution is -2.32. The third-order valence-electron chi connectivity index (χ3n) is 6.18. The fourth-order valence-corrected chi connectivity index (χ4v) is 6.26. The molecule has 0 saturated carbocycles. The van der Waals surface area contributed by atoms with E-state index >= 15 is 0 Å². The van der Waals surface area contributed by atoms with E-state index in [-0.39, 0.29) is 35.4 Å². The number of aromatic nitrogens is 1. The first-order valence-corrected chi connectivity index (χ1v) is 13.3. The van der Waals surface area contributed by atoms with Gasteiger partial charge < -0.3 is 23.9 Å². The number of pyridine rings is 1. The predicted molar refractivity (Wildman–Crippen MR) is 136 cm³/mol. The molecule has 0 aliphatic carbocycles. The summed E-state index contributed by atoms with van der Waals surface area (Å²) in [5, 5.41) is 0.784. The van der Waals surface area contributed by atoms with E-state index in [4.69, 9.17) is 30.5 Å². The minimum atomic E-state index is -4.09. The van der Waals surface area contributed by atoms with Gasteiger partial charge in [0.05, 0.1) is 10.5 Å². The maximum atomic E-state index is 13.8. The molecule has 0 atom stereocenters. The highest BCUT2D eigenvalue weighted by Crippen LogP contribution is 2.35.